The van der Waals surface area contributed by atoms with Gasteiger partial charge in [-0.25, -0.2) is 0 Å². The second-order valence-corrected chi connectivity index (χ2v) is 4.16. The molecule has 0 radical (unpaired) electrons. The van der Waals surface area contributed by atoms with Crippen molar-refractivity contribution in [1.29, 1.82) is 0 Å². The zero-order chi connectivity index (χ0) is 14.5. The first-order valence-electron chi connectivity index (χ1n) is 6.29. The first kappa shape index (κ1) is 17.4. The second-order valence-electron chi connectivity index (χ2n) is 4.16. The van der Waals surface area contributed by atoms with Crippen molar-refractivity contribution in [1.82, 2.24) is 5.32 Å². The van der Waals surface area contributed by atoms with Gasteiger partial charge in [-0.05, 0) is 13.8 Å². The molecule has 0 saturated carbocycles. The zero-order valence-corrected chi connectivity index (χ0v) is 11.8. The van der Waals surface area contributed by atoms with Crippen LogP contribution in [0.3, 0.4) is 0 Å². The molecule has 4 heteroatoms. The van der Waals surface area contributed by atoms with Crippen LogP contribution < -0.4 is 11.1 Å². The van der Waals surface area contributed by atoms with Crippen molar-refractivity contribution >= 4 is 5.91 Å². The minimum Gasteiger partial charge on any atom is -0.379 e. The Morgan fingerprint density at radius 2 is 1.74 bits per heavy atom. The summed E-state index contributed by atoms with van der Waals surface area (Å²) in [6, 6.07) is 10.3. The van der Waals surface area contributed by atoms with Gasteiger partial charge in [0.15, 0.2) is 0 Å². The van der Waals surface area contributed by atoms with E-state index in [1.165, 1.54) is 5.56 Å². The van der Waals surface area contributed by atoms with Crippen LogP contribution in [-0.4, -0.2) is 32.2 Å². The number of hydrogen-bond donors (Lipinski definition) is 2. The summed E-state index contributed by atoms with van der Waals surface area (Å²) in [5.74, 6) is -0.435. The normalized spacial score (nSPS) is 13.2. The van der Waals surface area contributed by atoms with E-state index in [1.54, 1.807) is 6.92 Å². The summed E-state index contributed by atoms with van der Waals surface area (Å²) in [7, 11) is 0. The molecule has 1 aromatic rings. The van der Waals surface area contributed by atoms with Gasteiger partial charge in [0.05, 0.1) is 13.2 Å². The number of amides is 1. The van der Waals surface area contributed by atoms with Gasteiger partial charge < -0.3 is 15.8 Å². The number of hydrogen-bond acceptors (Lipinski definition) is 3. The Bertz CT molecular complexity index is 336. The Morgan fingerprint density at radius 1 is 1.26 bits per heavy atom. The summed E-state index contributed by atoms with van der Waals surface area (Å²) in [4.78, 5) is 9.82. The van der Waals surface area contributed by atoms with Crippen molar-refractivity contribution in [2.75, 3.05) is 26.3 Å². The highest BCUT2D eigenvalue weighted by atomic mass is 16.5. The predicted molar refractivity (Wildman–Crippen MR) is 78.9 cm³/mol. The molecule has 0 aromatic heterocycles. The summed E-state index contributed by atoms with van der Waals surface area (Å²) < 4.78 is 5.01. The molecule has 1 amide bonds. The van der Waals surface area contributed by atoms with Crippen LogP contribution in [0.4, 0.5) is 0 Å². The fourth-order valence-electron chi connectivity index (χ4n) is 1.05. The number of benzene rings is 1. The van der Waals surface area contributed by atoms with Gasteiger partial charge in [0.25, 0.3) is 0 Å². The molecule has 1 saturated heterocycles. The molecule has 0 bridgehead atoms. The number of nitrogens with one attached hydrogen (secondary N) is 1. The molecular weight excluding hydrogens is 240 g/mol. The fraction of sp³-hybridized carbons (Fsp3) is 0.400. The van der Waals surface area contributed by atoms with Gasteiger partial charge in [0.2, 0.25) is 5.91 Å². The van der Waals surface area contributed by atoms with E-state index in [1.807, 2.05) is 18.2 Å². The third kappa shape index (κ3) is 12.6. The zero-order valence-electron chi connectivity index (χ0n) is 11.8. The third-order valence-electron chi connectivity index (χ3n) is 2.21. The number of carbonyl (C=O) groups excluding carboxylic acids is 1. The summed E-state index contributed by atoms with van der Waals surface area (Å²) in [5.41, 5.74) is 6.42. The Morgan fingerprint density at radius 3 is 1.89 bits per heavy atom. The molecule has 19 heavy (non-hydrogen) atoms. The maximum absolute atomic E-state index is 9.82. The van der Waals surface area contributed by atoms with Crippen molar-refractivity contribution in [3.8, 4) is 0 Å². The molecule has 0 atom stereocenters. The van der Waals surface area contributed by atoms with Gasteiger partial charge in [0, 0.05) is 18.7 Å². The number of aryl methyl sites for hydroxylation is 1. The van der Waals surface area contributed by atoms with Gasteiger partial charge in [-0.3, -0.25) is 4.79 Å². The van der Waals surface area contributed by atoms with Crippen LogP contribution in [0.1, 0.15) is 12.5 Å². The molecule has 0 aliphatic carbocycles. The van der Waals surface area contributed by atoms with Crippen LogP contribution in [0.15, 0.2) is 42.5 Å². The lowest BCUT2D eigenvalue weighted by Crippen LogP contribution is -2.30. The van der Waals surface area contributed by atoms with E-state index in [0.29, 0.717) is 5.57 Å². The van der Waals surface area contributed by atoms with Crippen LogP contribution in [0.25, 0.3) is 0 Å². The largest absolute Gasteiger partial charge is 0.379 e. The van der Waals surface area contributed by atoms with Crippen molar-refractivity contribution in [2.45, 2.75) is 13.8 Å². The molecule has 3 N–H and O–H groups in total. The third-order valence-corrected chi connectivity index (χ3v) is 2.21. The molecule has 1 heterocycles. The van der Waals surface area contributed by atoms with Crippen LogP contribution in [0.5, 0.6) is 0 Å². The maximum Gasteiger partial charge on any atom is 0.243 e. The molecule has 1 aliphatic rings. The Hall–Kier alpha value is -1.65. The Kier molecular flexibility index (Phi) is 10.4. The van der Waals surface area contributed by atoms with Gasteiger partial charge in [0.1, 0.15) is 0 Å². The SMILES string of the molecule is C1COCCN1.C=C(C)C(N)=O.Cc1ccccc1. The highest BCUT2D eigenvalue weighted by molar-refractivity contribution is 5.90. The van der Waals surface area contributed by atoms with Gasteiger partial charge in [-0.1, -0.05) is 42.5 Å². The van der Waals surface area contributed by atoms with Gasteiger partial charge >= 0.3 is 0 Å². The van der Waals surface area contributed by atoms with Crippen LogP contribution >= 0.6 is 0 Å². The molecule has 2 rings (SSSR count). The fourth-order valence-corrected chi connectivity index (χ4v) is 1.05. The monoisotopic (exact) mass is 264 g/mol. The lowest BCUT2D eigenvalue weighted by Gasteiger charge is -2.10. The first-order chi connectivity index (χ1) is 9.04. The number of rotatable bonds is 1. The molecule has 1 aromatic carbocycles. The minimum atomic E-state index is -0.435. The van der Waals surface area contributed by atoms with Gasteiger partial charge in [-0.15, -0.1) is 0 Å². The van der Waals surface area contributed by atoms with Crippen LogP contribution in [-0.2, 0) is 9.53 Å². The van der Waals surface area contributed by atoms with Crippen molar-refractivity contribution in [3.05, 3.63) is 48.0 Å². The van der Waals surface area contributed by atoms with E-state index >= 15 is 0 Å². The van der Waals surface area contributed by atoms with Crippen LogP contribution in [0, 0.1) is 6.92 Å². The molecule has 106 valence electrons. The molecule has 0 spiro atoms. The van der Waals surface area contributed by atoms with Gasteiger partial charge in [-0.2, -0.15) is 0 Å². The lowest BCUT2D eigenvalue weighted by molar-refractivity contribution is -0.114. The van der Waals surface area contributed by atoms with E-state index in [4.69, 9.17) is 10.5 Å². The quantitative estimate of drug-likeness (QED) is 0.758. The molecule has 1 aliphatic heterocycles. The first-order valence-corrected chi connectivity index (χ1v) is 6.29. The standard InChI is InChI=1S/C7H8.C4H9NO.C4H7NO/c1-7-5-3-2-4-6-7;1-3-6-4-2-5-1;1-3(2)4(5)6/h2-6H,1H3;5H,1-4H2;1H2,2H3,(H2,5,6). The Labute approximate surface area is 115 Å². The summed E-state index contributed by atoms with van der Waals surface area (Å²) >= 11 is 0. The highest BCUT2D eigenvalue weighted by Gasteiger charge is 1.93. The average Bonchev–Trinajstić information content (AvgIpc) is 2.43. The maximum atomic E-state index is 9.82. The minimum absolute atomic E-state index is 0.398. The highest BCUT2D eigenvalue weighted by Crippen LogP contribution is 1.92. The second kappa shape index (κ2) is 11.4. The van der Waals surface area contributed by atoms with Crippen molar-refractivity contribution in [2.24, 2.45) is 5.73 Å². The summed E-state index contributed by atoms with van der Waals surface area (Å²) in [6.45, 7) is 10.8. The van der Waals surface area contributed by atoms with Crippen molar-refractivity contribution in [3.63, 3.8) is 0 Å². The topological polar surface area (TPSA) is 64.3 Å². The van der Waals surface area contributed by atoms with E-state index in [2.05, 4.69) is 31.0 Å². The molecule has 0 unspecified atom stereocenters. The molecule has 1 fully saturated rings. The summed E-state index contributed by atoms with van der Waals surface area (Å²) in [5, 5.41) is 3.16. The van der Waals surface area contributed by atoms with E-state index < -0.39 is 5.91 Å². The Balaban J connectivity index is 0.000000257. The predicted octanol–water partition coefficient (Wildman–Crippen LogP) is 1.65. The van der Waals surface area contributed by atoms with Crippen LogP contribution in [0.2, 0.25) is 0 Å². The number of ether oxygens (including phenoxy) is 1. The molecular formula is C15H24N2O2. The van der Waals surface area contributed by atoms with E-state index in [0.717, 1.165) is 26.3 Å². The van der Waals surface area contributed by atoms with E-state index in [9.17, 15) is 4.79 Å². The summed E-state index contributed by atoms with van der Waals surface area (Å²) in [6.07, 6.45) is 0. The number of carbonyl (C=O) groups is 1. The number of nitrogens with two attached hydrogens (primary N) is 1. The van der Waals surface area contributed by atoms with E-state index in [-0.39, 0.29) is 0 Å². The number of primary amides is 1. The molecule has 4 nitrogen and oxygen atoms in total. The smallest absolute Gasteiger partial charge is 0.243 e. The number of morpholine rings is 1. The average molecular weight is 264 g/mol. The van der Waals surface area contributed by atoms with Crippen molar-refractivity contribution < 1.29 is 9.53 Å². The lowest BCUT2D eigenvalue weighted by atomic mass is 10.2.